The van der Waals surface area contributed by atoms with Crippen LogP contribution in [0, 0.1) is 11.6 Å². The third-order valence-corrected chi connectivity index (χ3v) is 6.67. The standard InChI is InChI=1S/C24H23F2N9O/c1-35-6-5-15-21(29-13-3-2-4-14(9-13)30-24(36)19-11-28-34-33-19)31-22(32-23(15)35)17-10-27-20-16(17)7-12(25)8-18(20)26/h5-8,10-11,13-14,27H,2-4,9H2,1H3,(H,30,36)(H,28,33,34)(H,29,31,32)/t13-,14+/m1/s1. The van der Waals surface area contributed by atoms with Gasteiger partial charge in [0.15, 0.2) is 11.5 Å². The molecule has 1 saturated carbocycles. The maximum atomic E-state index is 14.3. The Labute approximate surface area is 203 Å². The molecular weight excluding hydrogens is 468 g/mol. The van der Waals surface area contributed by atoms with E-state index in [0.29, 0.717) is 34.7 Å². The third kappa shape index (κ3) is 3.93. The Balaban J connectivity index is 1.31. The van der Waals surface area contributed by atoms with Crippen molar-refractivity contribution in [2.75, 3.05) is 5.32 Å². The van der Waals surface area contributed by atoms with Crippen molar-refractivity contribution in [3.05, 3.63) is 54.1 Å². The third-order valence-electron chi connectivity index (χ3n) is 6.67. The minimum atomic E-state index is -0.671. The summed E-state index contributed by atoms with van der Waals surface area (Å²) in [7, 11) is 1.88. The molecule has 0 radical (unpaired) electrons. The number of benzene rings is 1. The summed E-state index contributed by atoms with van der Waals surface area (Å²) in [6.07, 6.45) is 8.36. The zero-order valence-corrected chi connectivity index (χ0v) is 19.3. The monoisotopic (exact) mass is 491 g/mol. The van der Waals surface area contributed by atoms with E-state index in [1.165, 1.54) is 12.3 Å². The SMILES string of the molecule is Cn1ccc2c(N[C@@H]3CCC[C@H](NC(=O)c4c[nH]nn4)C3)nc(-c3c[nH]c4c(F)cc(F)cc34)nc21. The number of anilines is 1. The summed E-state index contributed by atoms with van der Waals surface area (Å²) in [6.45, 7) is 0. The number of rotatable bonds is 5. The van der Waals surface area contributed by atoms with Crippen molar-refractivity contribution in [2.24, 2.45) is 7.05 Å². The Morgan fingerprint density at radius 2 is 2.00 bits per heavy atom. The van der Waals surface area contributed by atoms with Gasteiger partial charge in [0.05, 0.1) is 17.1 Å². The van der Waals surface area contributed by atoms with Crippen molar-refractivity contribution in [1.29, 1.82) is 0 Å². The summed E-state index contributed by atoms with van der Waals surface area (Å²) < 4.78 is 30.2. The Hall–Kier alpha value is -4.35. The number of amides is 1. The van der Waals surface area contributed by atoms with Gasteiger partial charge >= 0.3 is 0 Å². The predicted octanol–water partition coefficient (Wildman–Crippen LogP) is 3.67. The molecule has 1 aromatic carbocycles. The highest BCUT2D eigenvalue weighted by molar-refractivity contribution is 5.96. The van der Waals surface area contributed by atoms with E-state index in [0.717, 1.165) is 30.7 Å². The largest absolute Gasteiger partial charge is 0.367 e. The van der Waals surface area contributed by atoms with Gasteiger partial charge < -0.3 is 20.2 Å². The van der Waals surface area contributed by atoms with Crippen LogP contribution in [0.25, 0.3) is 33.3 Å². The Morgan fingerprint density at radius 3 is 2.83 bits per heavy atom. The van der Waals surface area contributed by atoms with Gasteiger partial charge in [0.1, 0.15) is 23.1 Å². The molecule has 184 valence electrons. The number of nitrogens with one attached hydrogen (secondary N) is 4. The lowest BCUT2D eigenvalue weighted by molar-refractivity contribution is 0.0921. The molecule has 1 aliphatic carbocycles. The first-order valence-electron chi connectivity index (χ1n) is 11.7. The summed E-state index contributed by atoms with van der Waals surface area (Å²) >= 11 is 0. The lowest BCUT2D eigenvalue weighted by Crippen LogP contribution is -2.42. The normalized spacial score (nSPS) is 18.1. The summed E-state index contributed by atoms with van der Waals surface area (Å²) in [5.41, 5.74) is 1.66. The van der Waals surface area contributed by atoms with Crippen LogP contribution in [0.2, 0.25) is 0 Å². The van der Waals surface area contributed by atoms with Gasteiger partial charge in [0.25, 0.3) is 5.91 Å². The van der Waals surface area contributed by atoms with Gasteiger partial charge in [0, 0.05) is 48.5 Å². The quantitative estimate of drug-likeness (QED) is 0.297. The number of halogens is 2. The second-order valence-corrected chi connectivity index (χ2v) is 9.11. The topological polar surface area (TPSA) is 129 Å². The molecule has 36 heavy (non-hydrogen) atoms. The van der Waals surface area contributed by atoms with E-state index in [9.17, 15) is 13.6 Å². The molecule has 0 spiro atoms. The number of fused-ring (bicyclic) bond motifs is 2. The molecule has 4 heterocycles. The van der Waals surface area contributed by atoms with Gasteiger partial charge in [-0.05, 0) is 37.8 Å². The minimum Gasteiger partial charge on any atom is -0.367 e. The summed E-state index contributed by atoms with van der Waals surface area (Å²) in [4.78, 5) is 24.8. The molecule has 0 unspecified atom stereocenters. The molecule has 5 aromatic rings. The first-order valence-corrected chi connectivity index (χ1v) is 11.7. The van der Waals surface area contributed by atoms with Crippen LogP contribution >= 0.6 is 0 Å². The number of H-pyrrole nitrogens is 2. The van der Waals surface area contributed by atoms with Gasteiger partial charge in [0.2, 0.25) is 0 Å². The fraction of sp³-hybridized carbons (Fsp3) is 0.292. The van der Waals surface area contributed by atoms with E-state index in [2.05, 4.69) is 31.0 Å². The maximum absolute atomic E-state index is 14.3. The fourth-order valence-corrected chi connectivity index (χ4v) is 4.92. The first kappa shape index (κ1) is 22.1. The second-order valence-electron chi connectivity index (χ2n) is 9.11. The van der Waals surface area contributed by atoms with Crippen molar-refractivity contribution in [2.45, 2.75) is 37.8 Å². The summed E-state index contributed by atoms with van der Waals surface area (Å²) in [6, 6.07) is 4.09. The van der Waals surface area contributed by atoms with Crippen molar-refractivity contribution >= 4 is 33.7 Å². The lowest BCUT2D eigenvalue weighted by atomic mass is 9.90. The van der Waals surface area contributed by atoms with Crippen molar-refractivity contribution in [3.8, 4) is 11.4 Å². The molecule has 0 bridgehead atoms. The molecule has 1 fully saturated rings. The van der Waals surface area contributed by atoms with Crippen LogP contribution in [0.1, 0.15) is 36.2 Å². The number of hydrogen-bond donors (Lipinski definition) is 4. The Morgan fingerprint density at radius 1 is 1.14 bits per heavy atom. The highest BCUT2D eigenvalue weighted by atomic mass is 19.1. The zero-order valence-electron chi connectivity index (χ0n) is 19.3. The number of aromatic nitrogens is 7. The average Bonchev–Trinajstić information content (AvgIpc) is 3.60. The van der Waals surface area contributed by atoms with Crippen LogP contribution < -0.4 is 10.6 Å². The van der Waals surface area contributed by atoms with Gasteiger partial charge in [-0.1, -0.05) is 5.21 Å². The number of nitrogens with zero attached hydrogens (tertiary/aromatic N) is 5. The minimum absolute atomic E-state index is 0.0208. The van der Waals surface area contributed by atoms with Crippen molar-refractivity contribution in [1.82, 2.24) is 40.2 Å². The van der Waals surface area contributed by atoms with Gasteiger partial charge in [-0.25, -0.2) is 18.7 Å². The lowest BCUT2D eigenvalue weighted by Gasteiger charge is -2.30. The number of carbonyl (C=O) groups excluding carboxylic acids is 1. The van der Waals surface area contributed by atoms with Crippen molar-refractivity contribution < 1.29 is 13.6 Å². The molecule has 4 aromatic heterocycles. The molecule has 0 saturated heterocycles. The van der Waals surface area contributed by atoms with Crippen LogP contribution in [0.4, 0.5) is 14.6 Å². The van der Waals surface area contributed by atoms with Crippen molar-refractivity contribution in [3.63, 3.8) is 0 Å². The van der Waals surface area contributed by atoms with E-state index >= 15 is 0 Å². The fourth-order valence-electron chi connectivity index (χ4n) is 4.92. The zero-order chi connectivity index (χ0) is 24.8. The van der Waals surface area contributed by atoms with Crippen LogP contribution in [-0.2, 0) is 7.05 Å². The smallest absolute Gasteiger partial charge is 0.273 e. The molecule has 1 aliphatic rings. The van der Waals surface area contributed by atoms with E-state index in [1.54, 1.807) is 6.20 Å². The number of aromatic amines is 2. The number of hydrogen-bond acceptors (Lipinski definition) is 6. The highest BCUT2D eigenvalue weighted by Crippen LogP contribution is 2.33. The van der Waals surface area contributed by atoms with E-state index in [1.807, 2.05) is 23.9 Å². The summed E-state index contributed by atoms with van der Waals surface area (Å²) in [5, 5.41) is 17.7. The van der Waals surface area contributed by atoms with E-state index in [-0.39, 0.29) is 29.2 Å². The second kappa shape index (κ2) is 8.70. The molecule has 12 heteroatoms. The molecule has 2 atom stereocenters. The van der Waals surface area contributed by atoms with Crippen LogP contribution in [0.15, 0.2) is 36.8 Å². The average molecular weight is 492 g/mol. The van der Waals surface area contributed by atoms with Crippen LogP contribution in [0.5, 0.6) is 0 Å². The molecule has 0 aliphatic heterocycles. The summed E-state index contributed by atoms with van der Waals surface area (Å²) in [5.74, 6) is -0.608. The molecule has 10 nitrogen and oxygen atoms in total. The Bertz CT molecular complexity index is 1570. The maximum Gasteiger partial charge on any atom is 0.273 e. The van der Waals surface area contributed by atoms with Crippen LogP contribution in [0.3, 0.4) is 0 Å². The van der Waals surface area contributed by atoms with Gasteiger partial charge in [-0.2, -0.15) is 0 Å². The van der Waals surface area contributed by atoms with Crippen LogP contribution in [-0.4, -0.2) is 52.9 Å². The molecular formula is C24H23F2N9O. The van der Waals surface area contributed by atoms with Gasteiger partial charge in [-0.15, -0.1) is 5.10 Å². The Kier molecular flexibility index (Phi) is 5.35. The predicted molar refractivity (Wildman–Crippen MR) is 129 cm³/mol. The molecule has 4 N–H and O–H groups in total. The first-order chi connectivity index (χ1) is 17.5. The number of carbonyl (C=O) groups is 1. The number of aryl methyl sites for hydroxylation is 1. The molecule has 1 amide bonds. The highest BCUT2D eigenvalue weighted by Gasteiger charge is 2.26. The molecule has 6 rings (SSSR count). The van der Waals surface area contributed by atoms with E-state index in [4.69, 9.17) is 9.97 Å². The van der Waals surface area contributed by atoms with E-state index < -0.39 is 11.6 Å². The van der Waals surface area contributed by atoms with Gasteiger partial charge in [-0.3, -0.25) is 9.89 Å².